The average molecular weight is 325 g/mol. The van der Waals surface area contributed by atoms with Crippen LogP contribution in [-0.4, -0.2) is 33.9 Å². The molecule has 122 valence electrons. The molecule has 1 saturated carbocycles. The monoisotopic (exact) mass is 325 g/mol. The topological polar surface area (TPSA) is 74.2 Å². The second-order valence-corrected chi connectivity index (χ2v) is 5.62. The highest BCUT2D eigenvalue weighted by Gasteiger charge is 2.61. The molecule has 2 amide bonds. The molecular weight excluding hydrogens is 311 g/mol. The van der Waals surface area contributed by atoms with Crippen LogP contribution in [0.2, 0.25) is 0 Å². The van der Waals surface area contributed by atoms with Crippen LogP contribution in [0.4, 0.5) is 23.8 Å². The van der Waals surface area contributed by atoms with Gasteiger partial charge in [0.25, 0.3) is 0 Å². The minimum Gasteiger partial charge on any atom is -0.380 e. The molecule has 1 aromatic carbocycles. The van der Waals surface area contributed by atoms with Crippen LogP contribution in [-0.2, 0) is 0 Å². The fourth-order valence-electron chi connectivity index (χ4n) is 2.56. The molecule has 5 nitrogen and oxygen atoms in total. The molecule has 1 heterocycles. The summed E-state index contributed by atoms with van der Waals surface area (Å²) in [6, 6.07) is 9.35. The number of urea groups is 1. The number of nitrogens with one attached hydrogen (secondary N) is 2. The van der Waals surface area contributed by atoms with Crippen molar-refractivity contribution >= 4 is 22.8 Å². The van der Waals surface area contributed by atoms with Gasteiger partial charge in [-0.25, -0.2) is 9.78 Å². The number of aliphatic hydroxyl groups is 1. The van der Waals surface area contributed by atoms with Crippen molar-refractivity contribution in [1.29, 1.82) is 0 Å². The third-order valence-electron chi connectivity index (χ3n) is 3.87. The van der Waals surface area contributed by atoms with E-state index in [4.69, 9.17) is 0 Å². The summed E-state index contributed by atoms with van der Waals surface area (Å²) in [5, 5.41) is 15.1. The number of anilines is 1. The molecule has 23 heavy (non-hydrogen) atoms. The molecule has 3 N–H and O–H groups in total. The van der Waals surface area contributed by atoms with Gasteiger partial charge < -0.3 is 10.4 Å². The summed E-state index contributed by atoms with van der Waals surface area (Å²) in [5.74, 6) is 0.298. The summed E-state index contributed by atoms with van der Waals surface area (Å²) in [4.78, 5) is 16.0. The number of halogens is 3. The van der Waals surface area contributed by atoms with Gasteiger partial charge in [0.2, 0.25) is 0 Å². The van der Waals surface area contributed by atoms with Crippen molar-refractivity contribution in [2.45, 2.75) is 30.7 Å². The number of benzene rings is 1. The molecule has 2 aromatic rings. The first-order valence-corrected chi connectivity index (χ1v) is 6.99. The molecule has 0 atom stereocenters. The van der Waals surface area contributed by atoms with Gasteiger partial charge >= 0.3 is 12.2 Å². The highest BCUT2D eigenvalue weighted by molar-refractivity contribution is 5.90. The van der Waals surface area contributed by atoms with Crippen LogP contribution in [0, 0.1) is 0 Å². The Labute approximate surface area is 129 Å². The van der Waals surface area contributed by atoms with Crippen LogP contribution in [0.25, 0.3) is 10.9 Å². The highest BCUT2D eigenvalue weighted by atomic mass is 19.4. The summed E-state index contributed by atoms with van der Waals surface area (Å²) in [5.41, 5.74) is -2.01. The zero-order chi connectivity index (χ0) is 16.7. The number of amides is 2. The van der Waals surface area contributed by atoms with Crippen molar-refractivity contribution in [1.82, 2.24) is 10.3 Å². The highest BCUT2D eigenvalue weighted by Crippen LogP contribution is 2.45. The lowest BCUT2D eigenvalue weighted by Crippen LogP contribution is -2.62. The Morgan fingerprint density at radius 1 is 1.22 bits per heavy atom. The smallest absolute Gasteiger partial charge is 0.380 e. The van der Waals surface area contributed by atoms with Gasteiger partial charge in [0.05, 0.1) is 5.52 Å². The first kappa shape index (κ1) is 15.5. The van der Waals surface area contributed by atoms with E-state index in [1.165, 1.54) is 0 Å². The predicted octanol–water partition coefficient (Wildman–Crippen LogP) is 2.81. The molecule has 0 spiro atoms. The molecular formula is C15H14F3N3O2. The number of fused-ring (bicyclic) bond motifs is 1. The number of hydrogen-bond acceptors (Lipinski definition) is 3. The Balaban J connectivity index is 1.58. The van der Waals surface area contributed by atoms with Crippen molar-refractivity contribution in [3.8, 4) is 0 Å². The Hall–Kier alpha value is -2.35. The summed E-state index contributed by atoms with van der Waals surface area (Å²) < 4.78 is 37.5. The zero-order valence-corrected chi connectivity index (χ0v) is 11.9. The molecule has 1 aliphatic carbocycles. The minimum atomic E-state index is -4.68. The van der Waals surface area contributed by atoms with Gasteiger partial charge in [-0.2, -0.15) is 13.2 Å². The van der Waals surface area contributed by atoms with Crippen LogP contribution < -0.4 is 10.6 Å². The molecule has 1 aliphatic rings. The van der Waals surface area contributed by atoms with Gasteiger partial charge in [0.15, 0.2) is 5.60 Å². The zero-order valence-electron chi connectivity index (χ0n) is 11.9. The third-order valence-corrected chi connectivity index (χ3v) is 3.87. The van der Waals surface area contributed by atoms with Gasteiger partial charge in [0, 0.05) is 24.3 Å². The van der Waals surface area contributed by atoms with E-state index < -0.39 is 36.7 Å². The van der Waals surface area contributed by atoms with E-state index in [2.05, 4.69) is 15.6 Å². The van der Waals surface area contributed by atoms with Crippen molar-refractivity contribution in [2.75, 3.05) is 5.32 Å². The number of pyridine rings is 1. The minimum absolute atomic E-state index is 0.298. The molecule has 3 rings (SSSR count). The lowest BCUT2D eigenvalue weighted by molar-refractivity contribution is -0.291. The Kier molecular flexibility index (Phi) is 3.63. The third kappa shape index (κ3) is 3.07. The van der Waals surface area contributed by atoms with E-state index in [0.717, 1.165) is 5.39 Å². The second kappa shape index (κ2) is 5.38. The van der Waals surface area contributed by atoms with Gasteiger partial charge in [-0.05, 0) is 18.2 Å². The van der Waals surface area contributed by atoms with Gasteiger partial charge in [-0.1, -0.05) is 18.2 Å². The Bertz CT molecular complexity index is 742. The quantitative estimate of drug-likeness (QED) is 0.795. The number of carbonyl (C=O) groups is 1. The van der Waals surface area contributed by atoms with Crippen LogP contribution in [0.5, 0.6) is 0 Å². The van der Waals surface area contributed by atoms with Gasteiger partial charge in [-0.15, -0.1) is 0 Å². The van der Waals surface area contributed by atoms with E-state index >= 15 is 0 Å². The van der Waals surface area contributed by atoms with Crippen molar-refractivity contribution in [3.63, 3.8) is 0 Å². The van der Waals surface area contributed by atoms with E-state index in [-0.39, 0.29) is 0 Å². The number of carbonyl (C=O) groups excluding carboxylic acids is 1. The maximum Gasteiger partial charge on any atom is 0.417 e. The summed E-state index contributed by atoms with van der Waals surface area (Å²) in [6.45, 7) is 0. The maximum absolute atomic E-state index is 12.5. The summed E-state index contributed by atoms with van der Waals surface area (Å²) in [7, 11) is 0. The number of para-hydroxylation sites is 1. The maximum atomic E-state index is 12.5. The van der Waals surface area contributed by atoms with E-state index in [0.29, 0.717) is 11.3 Å². The lowest BCUT2D eigenvalue weighted by Gasteiger charge is -2.44. The van der Waals surface area contributed by atoms with Gasteiger partial charge in [-0.3, -0.25) is 5.32 Å². The number of aromatic nitrogens is 1. The molecule has 1 fully saturated rings. The van der Waals surface area contributed by atoms with E-state index in [1.807, 2.05) is 18.2 Å². The lowest BCUT2D eigenvalue weighted by atomic mass is 9.75. The van der Waals surface area contributed by atoms with E-state index in [1.54, 1.807) is 18.2 Å². The number of rotatable bonds is 2. The first-order chi connectivity index (χ1) is 10.8. The largest absolute Gasteiger partial charge is 0.417 e. The van der Waals surface area contributed by atoms with Crippen LogP contribution in [0.3, 0.4) is 0 Å². The van der Waals surface area contributed by atoms with Crippen molar-refractivity contribution in [2.24, 2.45) is 0 Å². The molecule has 1 aromatic heterocycles. The van der Waals surface area contributed by atoms with E-state index in [9.17, 15) is 23.1 Å². The fraction of sp³-hybridized carbons (Fsp3) is 0.333. The molecule has 0 aliphatic heterocycles. The van der Waals surface area contributed by atoms with Crippen LogP contribution in [0.1, 0.15) is 12.8 Å². The predicted molar refractivity (Wildman–Crippen MR) is 77.9 cm³/mol. The number of hydrogen-bond donors (Lipinski definition) is 3. The standard InChI is InChI=1S/C15H14F3N3O2/c16-15(17,18)14(23)7-10(8-14)19-13(22)21-12-6-5-9-3-1-2-4-11(9)20-12/h1-6,10,23H,7-8H2,(H2,19,20,21,22). The Morgan fingerprint density at radius 2 is 1.91 bits per heavy atom. The second-order valence-electron chi connectivity index (χ2n) is 5.62. The molecule has 0 bridgehead atoms. The first-order valence-electron chi connectivity index (χ1n) is 6.99. The number of alkyl halides is 3. The van der Waals surface area contributed by atoms with Gasteiger partial charge in [0.1, 0.15) is 5.82 Å². The number of nitrogens with zero attached hydrogens (tertiary/aromatic N) is 1. The molecule has 0 radical (unpaired) electrons. The summed E-state index contributed by atoms with van der Waals surface area (Å²) >= 11 is 0. The van der Waals surface area contributed by atoms with Crippen molar-refractivity contribution < 1.29 is 23.1 Å². The SMILES string of the molecule is O=C(Nc1ccc2ccccc2n1)NC1CC(O)(C(F)(F)F)C1. The summed E-state index contributed by atoms with van der Waals surface area (Å²) in [6.07, 6.45) is -5.77. The molecule has 0 unspecified atom stereocenters. The van der Waals surface area contributed by atoms with Crippen LogP contribution >= 0.6 is 0 Å². The fourth-order valence-corrected chi connectivity index (χ4v) is 2.56. The van der Waals surface area contributed by atoms with Crippen molar-refractivity contribution in [3.05, 3.63) is 36.4 Å². The Morgan fingerprint density at radius 3 is 2.61 bits per heavy atom. The van der Waals surface area contributed by atoms with Crippen LogP contribution in [0.15, 0.2) is 36.4 Å². The molecule has 0 saturated heterocycles. The average Bonchev–Trinajstić information content (AvgIpc) is 2.44. The molecule has 8 heteroatoms. The normalized spacial score (nSPS) is 24.1.